The van der Waals surface area contributed by atoms with Crippen molar-refractivity contribution >= 4 is 28.8 Å². The molecule has 10 heteroatoms. The molecule has 2 aromatic heterocycles. The van der Waals surface area contributed by atoms with Crippen molar-refractivity contribution in [2.75, 3.05) is 7.11 Å². The van der Waals surface area contributed by atoms with E-state index in [4.69, 9.17) is 4.74 Å². The molecule has 128 valence electrons. The maximum atomic E-state index is 12.1. The van der Waals surface area contributed by atoms with Crippen LogP contribution in [0.4, 0.5) is 13.2 Å². The van der Waals surface area contributed by atoms with Crippen LogP contribution in [0.3, 0.4) is 0 Å². The Balaban J connectivity index is 2.34. The van der Waals surface area contributed by atoms with E-state index in [1.54, 1.807) is 0 Å². The Labute approximate surface area is 133 Å². The second-order valence-corrected chi connectivity index (χ2v) is 4.73. The molecule has 0 aliphatic rings. The molecule has 7 nitrogen and oxygen atoms in total. The molecule has 0 saturated carbocycles. The molecule has 0 bridgehead atoms. The Kier molecular flexibility index (Phi) is 4.58. The van der Waals surface area contributed by atoms with Crippen molar-refractivity contribution in [3.05, 3.63) is 24.0 Å². The lowest BCUT2D eigenvalue weighted by Crippen LogP contribution is -2.29. The number of carbonyl (C=O) groups is 3. The number of esters is 2. The van der Waals surface area contributed by atoms with Crippen LogP contribution in [0.5, 0.6) is 5.75 Å². The summed E-state index contributed by atoms with van der Waals surface area (Å²) in [5, 5.41) is 0.358. The molecule has 0 N–H and O–H groups in total. The third kappa shape index (κ3) is 3.53. The minimum Gasteiger partial charge on any atom is -0.495 e. The minimum absolute atomic E-state index is 0.164. The molecule has 0 fully saturated rings. The second kappa shape index (κ2) is 6.30. The number of halogens is 3. The molecule has 2 heterocycles. The second-order valence-electron chi connectivity index (χ2n) is 4.73. The Morgan fingerprint density at radius 3 is 2.50 bits per heavy atom. The summed E-state index contributed by atoms with van der Waals surface area (Å²) in [6, 6.07) is 1.50. The number of alkyl halides is 3. The first-order chi connectivity index (χ1) is 11.1. The number of hydrogen-bond donors (Lipinski definition) is 0. The normalized spacial score (nSPS) is 11.4. The Hall–Kier alpha value is -2.91. The topological polar surface area (TPSA) is 87.5 Å². The predicted octanol–water partition coefficient (Wildman–Crippen LogP) is 1.88. The van der Waals surface area contributed by atoms with Crippen molar-refractivity contribution in [1.29, 1.82) is 0 Å². The van der Waals surface area contributed by atoms with Crippen LogP contribution < -0.4 is 4.74 Å². The summed E-state index contributed by atoms with van der Waals surface area (Å²) in [5.41, 5.74) is 0.365. The SMILES string of the molecule is COc1cnc2c(c1)c(C(C)=O)cn2CC(=O)OC(=O)C(F)(F)F. The lowest BCUT2D eigenvalue weighted by atomic mass is 10.1. The van der Waals surface area contributed by atoms with Gasteiger partial charge in [-0.3, -0.25) is 4.79 Å². The molecule has 2 aromatic rings. The van der Waals surface area contributed by atoms with Gasteiger partial charge < -0.3 is 14.0 Å². The van der Waals surface area contributed by atoms with Crippen LogP contribution in [0.15, 0.2) is 18.5 Å². The smallest absolute Gasteiger partial charge is 0.491 e. The first kappa shape index (κ1) is 17.4. The fourth-order valence-electron chi connectivity index (χ4n) is 2.00. The zero-order chi connectivity index (χ0) is 18.1. The van der Waals surface area contributed by atoms with Gasteiger partial charge in [0.1, 0.15) is 17.9 Å². The number of ketones is 1. The summed E-state index contributed by atoms with van der Waals surface area (Å²) >= 11 is 0. The molecule has 0 aliphatic carbocycles. The van der Waals surface area contributed by atoms with Gasteiger partial charge in [-0.2, -0.15) is 13.2 Å². The van der Waals surface area contributed by atoms with Crippen molar-refractivity contribution < 1.29 is 37.0 Å². The number of Topliss-reactive ketones (excluding diaryl/α,β-unsaturated/α-hetero) is 1. The molecule has 0 aliphatic heterocycles. The van der Waals surface area contributed by atoms with Gasteiger partial charge in [0.25, 0.3) is 0 Å². The van der Waals surface area contributed by atoms with Gasteiger partial charge in [-0.1, -0.05) is 0 Å². The predicted molar refractivity (Wildman–Crippen MR) is 73.4 cm³/mol. The quantitative estimate of drug-likeness (QED) is 0.478. The van der Waals surface area contributed by atoms with Crippen LogP contribution in [0, 0.1) is 0 Å². The van der Waals surface area contributed by atoms with Crippen molar-refractivity contribution in [3.8, 4) is 5.75 Å². The van der Waals surface area contributed by atoms with Crippen molar-refractivity contribution in [2.24, 2.45) is 0 Å². The highest BCUT2D eigenvalue weighted by molar-refractivity contribution is 6.06. The van der Waals surface area contributed by atoms with E-state index < -0.39 is 24.7 Å². The number of fused-ring (bicyclic) bond motifs is 1. The van der Waals surface area contributed by atoms with E-state index in [-0.39, 0.29) is 17.0 Å². The molecular weight excluding hydrogens is 333 g/mol. The Bertz CT molecular complexity index is 826. The molecule has 0 radical (unpaired) electrons. The van der Waals surface area contributed by atoms with Crippen molar-refractivity contribution in [3.63, 3.8) is 0 Å². The van der Waals surface area contributed by atoms with E-state index in [9.17, 15) is 27.6 Å². The van der Waals surface area contributed by atoms with E-state index in [0.29, 0.717) is 11.1 Å². The molecule has 0 spiro atoms. The number of rotatable bonds is 4. The summed E-state index contributed by atoms with van der Waals surface area (Å²) in [5.74, 6) is -4.02. The average Bonchev–Trinajstić information content (AvgIpc) is 2.84. The Morgan fingerprint density at radius 2 is 1.96 bits per heavy atom. The largest absolute Gasteiger partial charge is 0.495 e. The highest BCUT2D eigenvalue weighted by Gasteiger charge is 2.42. The van der Waals surface area contributed by atoms with E-state index in [1.807, 2.05) is 0 Å². The van der Waals surface area contributed by atoms with Gasteiger partial charge in [0, 0.05) is 17.1 Å². The number of pyridine rings is 1. The highest BCUT2D eigenvalue weighted by Crippen LogP contribution is 2.24. The molecule has 0 aromatic carbocycles. The molecule has 2 rings (SSSR count). The monoisotopic (exact) mass is 344 g/mol. The summed E-state index contributed by atoms with van der Waals surface area (Å²) in [6.45, 7) is 0.565. The molecule has 0 unspecified atom stereocenters. The molecule has 0 amide bonds. The van der Waals surface area contributed by atoms with E-state index in [2.05, 4.69) is 9.72 Å². The first-order valence-corrected chi connectivity index (χ1v) is 6.49. The molecule has 0 saturated heterocycles. The molecular formula is C14H11F3N2O5. The van der Waals surface area contributed by atoms with Crippen LogP contribution in [0.25, 0.3) is 11.0 Å². The molecule has 24 heavy (non-hydrogen) atoms. The van der Waals surface area contributed by atoms with E-state index in [1.165, 1.54) is 32.5 Å². The fraction of sp³-hybridized carbons (Fsp3) is 0.286. The van der Waals surface area contributed by atoms with Crippen LogP contribution >= 0.6 is 0 Å². The van der Waals surface area contributed by atoms with Crippen molar-refractivity contribution in [1.82, 2.24) is 9.55 Å². The van der Waals surface area contributed by atoms with E-state index >= 15 is 0 Å². The summed E-state index contributed by atoms with van der Waals surface area (Å²) in [4.78, 5) is 37.8. The zero-order valence-corrected chi connectivity index (χ0v) is 12.5. The Morgan fingerprint density at radius 1 is 1.29 bits per heavy atom. The number of hydrogen-bond acceptors (Lipinski definition) is 6. The van der Waals surface area contributed by atoms with Crippen LogP contribution in [0.2, 0.25) is 0 Å². The maximum Gasteiger partial charge on any atom is 0.491 e. The zero-order valence-electron chi connectivity index (χ0n) is 12.5. The number of aromatic nitrogens is 2. The van der Waals surface area contributed by atoms with Gasteiger partial charge in [0.15, 0.2) is 5.78 Å². The van der Waals surface area contributed by atoms with Gasteiger partial charge in [0.2, 0.25) is 0 Å². The van der Waals surface area contributed by atoms with Crippen molar-refractivity contribution in [2.45, 2.75) is 19.6 Å². The third-order valence-corrected chi connectivity index (χ3v) is 3.04. The minimum atomic E-state index is -5.27. The van der Waals surface area contributed by atoms with E-state index in [0.717, 1.165) is 4.57 Å². The third-order valence-electron chi connectivity index (χ3n) is 3.04. The highest BCUT2D eigenvalue weighted by atomic mass is 19.4. The van der Waals surface area contributed by atoms with Gasteiger partial charge in [0.05, 0.1) is 13.3 Å². The van der Waals surface area contributed by atoms with Gasteiger partial charge in [-0.15, -0.1) is 0 Å². The average molecular weight is 344 g/mol. The fourth-order valence-corrected chi connectivity index (χ4v) is 2.00. The summed E-state index contributed by atoms with van der Waals surface area (Å²) in [6.07, 6.45) is -2.71. The summed E-state index contributed by atoms with van der Waals surface area (Å²) < 4.78 is 46.1. The van der Waals surface area contributed by atoms with Crippen LogP contribution in [-0.4, -0.2) is 40.6 Å². The lowest BCUT2D eigenvalue weighted by molar-refractivity contribution is -0.202. The lowest BCUT2D eigenvalue weighted by Gasteiger charge is -2.07. The number of nitrogens with zero attached hydrogens (tertiary/aromatic N) is 2. The maximum absolute atomic E-state index is 12.1. The standard InChI is InChI=1S/C14H11F3N2O5/c1-7(20)10-5-19(6-11(21)24-13(22)14(15,16)17)12-9(10)3-8(23-2)4-18-12/h3-5H,6H2,1-2H3. The van der Waals surface area contributed by atoms with Crippen LogP contribution in [-0.2, 0) is 20.9 Å². The number of carbonyl (C=O) groups excluding carboxylic acids is 3. The number of methoxy groups -OCH3 is 1. The summed E-state index contributed by atoms with van der Waals surface area (Å²) in [7, 11) is 1.40. The van der Waals surface area contributed by atoms with Gasteiger partial charge in [-0.05, 0) is 13.0 Å². The van der Waals surface area contributed by atoms with Gasteiger partial charge >= 0.3 is 18.1 Å². The van der Waals surface area contributed by atoms with Gasteiger partial charge in [-0.25, -0.2) is 14.6 Å². The molecule has 0 atom stereocenters. The van der Waals surface area contributed by atoms with Crippen LogP contribution in [0.1, 0.15) is 17.3 Å². The first-order valence-electron chi connectivity index (χ1n) is 6.49. The number of ether oxygens (including phenoxy) is 2.